The Morgan fingerprint density at radius 1 is 1.15 bits per heavy atom. The third-order valence-electron chi connectivity index (χ3n) is 2.88. The molecule has 2 aliphatic heterocycles. The predicted molar refractivity (Wildman–Crippen MR) is 73.5 cm³/mol. The van der Waals surface area contributed by atoms with Gasteiger partial charge in [0.05, 0.1) is 11.1 Å². The summed E-state index contributed by atoms with van der Waals surface area (Å²) in [7, 11) is -2.28. The molecule has 0 spiro atoms. The summed E-state index contributed by atoms with van der Waals surface area (Å²) >= 11 is 0. The normalized spacial score (nSPS) is 18.6. The van der Waals surface area contributed by atoms with E-state index in [-0.39, 0.29) is 11.1 Å². The first-order chi connectivity index (χ1) is 9.61. The Bertz CT molecular complexity index is 463. The summed E-state index contributed by atoms with van der Waals surface area (Å²) in [5.74, 6) is -1.22. The number of hydroxylamine groups is 2. The molecule has 0 bridgehead atoms. The Morgan fingerprint density at radius 3 is 2.00 bits per heavy atom. The maximum atomic E-state index is 11.6. The summed E-state index contributed by atoms with van der Waals surface area (Å²) in [5, 5.41) is 3.70. The number of hydrogen-bond donors (Lipinski definition) is 3. The van der Waals surface area contributed by atoms with Crippen molar-refractivity contribution in [2.75, 3.05) is 13.1 Å². The second-order valence-electron chi connectivity index (χ2n) is 4.29. The lowest BCUT2D eigenvalue weighted by atomic mass is 10.1. The third-order valence-corrected chi connectivity index (χ3v) is 3.21. The Labute approximate surface area is 117 Å². The van der Waals surface area contributed by atoms with Gasteiger partial charge in [0.2, 0.25) is 0 Å². The largest absolute Gasteiger partial charge is 0.337 e. The van der Waals surface area contributed by atoms with E-state index >= 15 is 0 Å². The summed E-state index contributed by atoms with van der Waals surface area (Å²) in [6.07, 6.45) is 2.78. The number of nitrogens with zero attached hydrogens (tertiary/aromatic N) is 1. The van der Waals surface area contributed by atoms with Gasteiger partial charge in [0.25, 0.3) is 20.3 Å². The maximum absolute atomic E-state index is 11.6. The van der Waals surface area contributed by atoms with Crippen molar-refractivity contribution in [2.45, 2.75) is 12.8 Å². The molecule has 2 aliphatic rings. The minimum Gasteiger partial charge on any atom is -0.337 e. The van der Waals surface area contributed by atoms with Crippen molar-refractivity contribution in [1.29, 1.82) is 0 Å². The SMILES string of the molecule is C1CCNC1.NP(O)ON1C(=O)c2ccccc2C1=O. The molecule has 0 saturated carbocycles. The Morgan fingerprint density at radius 2 is 1.65 bits per heavy atom. The highest BCUT2D eigenvalue weighted by molar-refractivity contribution is 7.43. The van der Waals surface area contributed by atoms with Gasteiger partial charge in [-0.15, -0.1) is 5.06 Å². The van der Waals surface area contributed by atoms with E-state index in [4.69, 9.17) is 10.4 Å². The summed E-state index contributed by atoms with van der Waals surface area (Å²) < 4.78 is 4.55. The Balaban J connectivity index is 0.000000247. The van der Waals surface area contributed by atoms with Crippen LogP contribution in [0, 0.1) is 0 Å². The van der Waals surface area contributed by atoms with Crippen LogP contribution in [0.25, 0.3) is 0 Å². The molecular formula is C12H16N3O4P. The molecule has 1 fully saturated rings. The van der Waals surface area contributed by atoms with Crippen molar-refractivity contribution in [3.8, 4) is 0 Å². The summed E-state index contributed by atoms with van der Waals surface area (Å²) in [5.41, 5.74) is 5.48. The zero-order chi connectivity index (χ0) is 14.5. The van der Waals surface area contributed by atoms with Crippen LogP contribution < -0.4 is 10.8 Å². The first kappa shape index (κ1) is 15.0. The number of benzene rings is 1. The standard InChI is InChI=1S/C8H7N2O4P.C4H9N/c9-15(13)14-10-7(11)5-3-1-2-4-6(5)8(10)12;1-2-4-5-3-1/h1-4,13H,9H2;5H,1-4H2. The van der Waals surface area contributed by atoms with E-state index in [2.05, 4.69) is 9.94 Å². The molecule has 0 aromatic heterocycles. The molecular weight excluding hydrogens is 281 g/mol. The molecule has 4 N–H and O–H groups in total. The van der Waals surface area contributed by atoms with Crippen molar-refractivity contribution < 1.29 is 19.1 Å². The van der Waals surface area contributed by atoms with Crippen LogP contribution in [0.4, 0.5) is 0 Å². The number of carbonyl (C=O) groups excluding carboxylic acids is 2. The van der Waals surface area contributed by atoms with Crippen LogP contribution in [0.3, 0.4) is 0 Å². The first-order valence-corrected chi connectivity index (χ1v) is 7.49. The van der Waals surface area contributed by atoms with Crippen molar-refractivity contribution in [1.82, 2.24) is 10.4 Å². The van der Waals surface area contributed by atoms with E-state index < -0.39 is 20.3 Å². The van der Waals surface area contributed by atoms with Gasteiger partial charge >= 0.3 is 0 Å². The minimum absolute atomic E-state index is 0.249. The lowest BCUT2D eigenvalue weighted by Crippen LogP contribution is -2.28. The molecule has 2 heterocycles. The molecule has 1 unspecified atom stereocenters. The molecule has 20 heavy (non-hydrogen) atoms. The zero-order valence-corrected chi connectivity index (χ0v) is 11.7. The quantitative estimate of drug-likeness (QED) is 0.550. The van der Waals surface area contributed by atoms with Gasteiger partial charge in [-0.25, -0.2) is 0 Å². The lowest BCUT2D eigenvalue weighted by molar-refractivity contribution is -0.0131. The van der Waals surface area contributed by atoms with Gasteiger partial charge in [0.1, 0.15) is 0 Å². The monoisotopic (exact) mass is 297 g/mol. The number of fused-ring (bicyclic) bond motifs is 1. The molecule has 8 heteroatoms. The molecule has 2 amide bonds. The zero-order valence-electron chi connectivity index (χ0n) is 10.8. The van der Waals surface area contributed by atoms with Crippen LogP contribution in [0.5, 0.6) is 0 Å². The number of amides is 2. The van der Waals surface area contributed by atoms with E-state index in [1.165, 1.54) is 38.1 Å². The van der Waals surface area contributed by atoms with Crippen molar-refractivity contribution in [3.63, 3.8) is 0 Å². The van der Waals surface area contributed by atoms with E-state index in [9.17, 15) is 9.59 Å². The fourth-order valence-electron chi connectivity index (χ4n) is 1.95. The van der Waals surface area contributed by atoms with Gasteiger partial charge in [0, 0.05) is 0 Å². The molecule has 3 rings (SSSR count). The highest BCUT2D eigenvalue weighted by atomic mass is 31.2. The van der Waals surface area contributed by atoms with Crippen LogP contribution in [0.1, 0.15) is 33.6 Å². The van der Waals surface area contributed by atoms with E-state index in [0.717, 1.165) is 0 Å². The van der Waals surface area contributed by atoms with Gasteiger partial charge in [-0.2, -0.15) is 4.62 Å². The van der Waals surface area contributed by atoms with E-state index in [0.29, 0.717) is 5.06 Å². The fraction of sp³-hybridized carbons (Fsp3) is 0.333. The second-order valence-corrected chi connectivity index (χ2v) is 5.06. The van der Waals surface area contributed by atoms with Crippen molar-refractivity contribution in [3.05, 3.63) is 35.4 Å². The predicted octanol–water partition coefficient (Wildman–Crippen LogP) is 0.762. The molecule has 0 radical (unpaired) electrons. The number of imide groups is 1. The molecule has 1 atom stereocenters. The number of rotatable bonds is 2. The smallest absolute Gasteiger partial charge is 0.286 e. The summed E-state index contributed by atoms with van der Waals surface area (Å²) in [6.45, 7) is 2.50. The number of nitrogens with two attached hydrogens (primary N) is 1. The van der Waals surface area contributed by atoms with Crippen LogP contribution in [-0.4, -0.2) is 34.9 Å². The van der Waals surface area contributed by atoms with Crippen LogP contribution in [0.2, 0.25) is 0 Å². The van der Waals surface area contributed by atoms with Crippen LogP contribution in [-0.2, 0) is 4.62 Å². The van der Waals surface area contributed by atoms with E-state index in [1.807, 2.05) is 0 Å². The van der Waals surface area contributed by atoms with Gasteiger partial charge in [-0.1, -0.05) is 12.1 Å². The molecule has 1 aromatic rings. The second kappa shape index (κ2) is 6.88. The van der Waals surface area contributed by atoms with Crippen molar-refractivity contribution >= 4 is 20.3 Å². The third kappa shape index (κ3) is 3.39. The highest BCUT2D eigenvalue weighted by Crippen LogP contribution is 2.30. The Hall–Kier alpha value is -1.37. The topological polar surface area (TPSA) is 105 Å². The van der Waals surface area contributed by atoms with Gasteiger partial charge in [-0.3, -0.25) is 15.1 Å². The van der Waals surface area contributed by atoms with Crippen LogP contribution in [0.15, 0.2) is 24.3 Å². The molecule has 0 aliphatic carbocycles. The number of nitrogens with one attached hydrogen (secondary N) is 1. The average molecular weight is 297 g/mol. The highest BCUT2D eigenvalue weighted by Gasteiger charge is 2.37. The molecule has 1 aromatic carbocycles. The number of carbonyl (C=O) groups is 2. The van der Waals surface area contributed by atoms with E-state index in [1.54, 1.807) is 12.1 Å². The average Bonchev–Trinajstić information content (AvgIpc) is 3.08. The first-order valence-electron chi connectivity index (χ1n) is 6.21. The van der Waals surface area contributed by atoms with Gasteiger partial charge in [-0.05, 0) is 38.1 Å². The van der Waals surface area contributed by atoms with Crippen molar-refractivity contribution in [2.24, 2.45) is 5.50 Å². The minimum atomic E-state index is -2.28. The molecule has 1 saturated heterocycles. The number of hydrogen-bond acceptors (Lipinski definition) is 6. The molecule has 108 valence electrons. The van der Waals surface area contributed by atoms with Gasteiger partial charge < -0.3 is 10.2 Å². The van der Waals surface area contributed by atoms with Gasteiger partial charge in [0.15, 0.2) is 0 Å². The Kier molecular flexibility index (Phi) is 5.17. The molecule has 7 nitrogen and oxygen atoms in total. The summed E-state index contributed by atoms with van der Waals surface area (Å²) in [4.78, 5) is 31.9. The lowest BCUT2D eigenvalue weighted by Gasteiger charge is -2.13. The van der Waals surface area contributed by atoms with Crippen LogP contribution >= 0.6 is 8.53 Å². The maximum Gasteiger partial charge on any atom is 0.286 e. The fourth-order valence-corrected chi connectivity index (χ4v) is 2.27. The summed E-state index contributed by atoms with van der Waals surface area (Å²) in [6, 6.07) is 6.29.